The van der Waals surface area contributed by atoms with Crippen molar-refractivity contribution in [1.82, 2.24) is 4.98 Å². The first-order valence-corrected chi connectivity index (χ1v) is 9.20. The number of fused-ring (bicyclic) bond motifs is 1. The van der Waals surface area contributed by atoms with Gasteiger partial charge in [0.15, 0.2) is 5.78 Å². The van der Waals surface area contributed by atoms with Crippen LogP contribution in [0.25, 0.3) is 10.9 Å². The van der Waals surface area contributed by atoms with Gasteiger partial charge in [0.1, 0.15) is 17.4 Å². The molecule has 6 heteroatoms. The molecule has 2 aliphatic rings. The van der Waals surface area contributed by atoms with Crippen molar-refractivity contribution >= 4 is 32.6 Å². The van der Waals surface area contributed by atoms with E-state index in [-0.39, 0.29) is 22.7 Å². The maximum atomic E-state index is 13.0. The number of nitrogens with zero attached hydrogens (tertiary/aromatic N) is 1. The van der Waals surface area contributed by atoms with E-state index in [9.17, 15) is 10.1 Å². The minimum Gasteiger partial charge on any atom is -0.444 e. The van der Waals surface area contributed by atoms with Gasteiger partial charge in [0.25, 0.3) is 0 Å². The van der Waals surface area contributed by atoms with Gasteiger partial charge in [-0.05, 0) is 29.2 Å². The highest BCUT2D eigenvalue weighted by Gasteiger charge is 2.43. The average molecular weight is 412 g/mol. The predicted molar refractivity (Wildman–Crippen MR) is 102 cm³/mol. The van der Waals surface area contributed by atoms with Crippen LogP contribution in [0.1, 0.15) is 38.2 Å². The summed E-state index contributed by atoms with van der Waals surface area (Å²) in [7, 11) is 0. The summed E-state index contributed by atoms with van der Waals surface area (Å²) in [6, 6.07) is 8.05. The second-order valence-corrected chi connectivity index (χ2v) is 8.55. The van der Waals surface area contributed by atoms with Crippen molar-refractivity contribution in [2.45, 2.75) is 32.6 Å². The Kier molecular flexibility index (Phi) is 3.74. The minimum atomic E-state index is -0.504. The summed E-state index contributed by atoms with van der Waals surface area (Å²) >= 11 is 3.50. The first-order valence-electron chi connectivity index (χ1n) is 8.41. The van der Waals surface area contributed by atoms with Gasteiger partial charge >= 0.3 is 0 Å². The molecule has 26 heavy (non-hydrogen) atoms. The van der Waals surface area contributed by atoms with Crippen molar-refractivity contribution in [3.05, 3.63) is 57.2 Å². The fraction of sp³-hybridized carbons (Fsp3) is 0.300. The summed E-state index contributed by atoms with van der Waals surface area (Å²) in [6.07, 6.45) is 2.90. The first kappa shape index (κ1) is 16.9. The van der Waals surface area contributed by atoms with Crippen LogP contribution >= 0.6 is 15.9 Å². The molecular formula is C20H18BrN3O2. The number of benzene rings is 1. The van der Waals surface area contributed by atoms with Gasteiger partial charge in [-0.1, -0.05) is 29.8 Å². The quantitative estimate of drug-likeness (QED) is 0.727. The minimum absolute atomic E-state index is 0.0193. The van der Waals surface area contributed by atoms with E-state index in [0.717, 1.165) is 20.9 Å². The molecule has 1 aliphatic heterocycles. The number of H-pyrrole nitrogens is 1. The molecule has 0 saturated heterocycles. The molecule has 0 spiro atoms. The highest BCUT2D eigenvalue weighted by molar-refractivity contribution is 9.10. The fourth-order valence-corrected chi connectivity index (χ4v) is 4.31. The van der Waals surface area contributed by atoms with Crippen LogP contribution in [0.15, 0.2) is 51.7 Å². The SMILES string of the molecule is CC1(C)CC(=O)C2=C(C1)OC(N)=C(C#N)[C@@H]2c1c[nH]c2ccc(Br)cc12. The third-order valence-electron chi connectivity index (χ3n) is 5.06. The number of aromatic amines is 1. The van der Waals surface area contributed by atoms with Crippen molar-refractivity contribution in [2.75, 3.05) is 0 Å². The van der Waals surface area contributed by atoms with Gasteiger partial charge in [-0.25, -0.2) is 0 Å². The molecule has 3 N–H and O–H groups in total. The molecule has 0 fully saturated rings. The van der Waals surface area contributed by atoms with E-state index < -0.39 is 5.92 Å². The van der Waals surface area contributed by atoms with Crippen LogP contribution in [0.4, 0.5) is 0 Å². The molecular weight excluding hydrogens is 394 g/mol. The van der Waals surface area contributed by atoms with Crippen LogP contribution in [0.3, 0.4) is 0 Å². The monoisotopic (exact) mass is 411 g/mol. The zero-order valence-corrected chi connectivity index (χ0v) is 16.1. The number of rotatable bonds is 1. The lowest BCUT2D eigenvalue weighted by Crippen LogP contribution is -2.33. The Bertz CT molecular complexity index is 1050. The number of Topliss-reactive ketones (excluding diaryl/α,β-unsaturated/α-hetero) is 1. The molecule has 0 radical (unpaired) electrons. The van der Waals surface area contributed by atoms with Crippen molar-refractivity contribution in [2.24, 2.45) is 11.1 Å². The number of ketones is 1. The van der Waals surface area contributed by atoms with Crippen LogP contribution < -0.4 is 5.73 Å². The van der Waals surface area contributed by atoms with E-state index in [2.05, 4.69) is 27.0 Å². The van der Waals surface area contributed by atoms with Crippen molar-refractivity contribution in [3.8, 4) is 6.07 Å². The molecule has 0 bridgehead atoms. The number of nitrogens with two attached hydrogens (primary N) is 1. The molecule has 1 aromatic heterocycles. The Morgan fingerprint density at radius 3 is 2.88 bits per heavy atom. The second kappa shape index (κ2) is 5.75. The number of nitrogens with one attached hydrogen (secondary N) is 1. The predicted octanol–water partition coefficient (Wildman–Crippen LogP) is 4.38. The molecule has 0 saturated carbocycles. The Hall–Kier alpha value is -2.52. The van der Waals surface area contributed by atoms with Crippen LogP contribution in [-0.2, 0) is 9.53 Å². The van der Waals surface area contributed by atoms with E-state index in [1.807, 2.05) is 38.2 Å². The molecule has 2 aromatic rings. The van der Waals surface area contributed by atoms with Gasteiger partial charge < -0.3 is 15.5 Å². The third-order valence-corrected chi connectivity index (χ3v) is 5.56. The van der Waals surface area contributed by atoms with Crippen LogP contribution in [-0.4, -0.2) is 10.8 Å². The van der Waals surface area contributed by atoms with E-state index in [1.165, 1.54) is 0 Å². The molecule has 4 rings (SSSR count). The molecule has 1 aliphatic carbocycles. The van der Waals surface area contributed by atoms with E-state index in [0.29, 0.717) is 24.2 Å². The van der Waals surface area contributed by atoms with Crippen molar-refractivity contribution < 1.29 is 9.53 Å². The van der Waals surface area contributed by atoms with E-state index in [4.69, 9.17) is 10.5 Å². The van der Waals surface area contributed by atoms with Crippen LogP contribution in [0, 0.1) is 16.7 Å². The largest absolute Gasteiger partial charge is 0.444 e. The number of allylic oxidation sites excluding steroid dienone is 3. The Morgan fingerprint density at radius 1 is 1.38 bits per heavy atom. The first-order chi connectivity index (χ1) is 12.3. The van der Waals surface area contributed by atoms with E-state index in [1.54, 1.807) is 0 Å². The fourth-order valence-electron chi connectivity index (χ4n) is 3.95. The number of aromatic nitrogens is 1. The Balaban J connectivity index is 1.97. The lowest BCUT2D eigenvalue weighted by atomic mass is 9.70. The molecule has 132 valence electrons. The summed E-state index contributed by atoms with van der Waals surface area (Å²) in [5.74, 6) is 0.199. The second-order valence-electron chi connectivity index (χ2n) is 7.64. The number of hydrogen-bond donors (Lipinski definition) is 2. The Morgan fingerprint density at radius 2 is 2.15 bits per heavy atom. The van der Waals surface area contributed by atoms with Gasteiger partial charge in [-0.15, -0.1) is 0 Å². The number of hydrogen-bond acceptors (Lipinski definition) is 4. The van der Waals surface area contributed by atoms with Crippen molar-refractivity contribution in [1.29, 1.82) is 5.26 Å². The summed E-state index contributed by atoms with van der Waals surface area (Å²) < 4.78 is 6.67. The Labute approximate surface area is 159 Å². The smallest absolute Gasteiger partial charge is 0.205 e. The average Bonchev–Trinajstić information content (AvgIpc) is 2.95. The molecule has 1 atom stereocenters. The maximum absolute atomic E-state index is 13.0. The molecule has 5 nitrogen and oxygen atoms in total. The summed E-state index contributed by atoms with van der Waals surface area (Å²) in [4.78, 5) is 16.2. The normalized spacial score (nSPS) is 22.2. The number of nitriles is 1. The zero-order chi connectivity index (χ0) is 18.6. The summed E-state index contributed by atoms with van der Waals surface area (Å²) in [6.45, 7) is 4.07. The number of carbonyl (C=O) groups is 1. The van der Waals surface area contributed by atoms with Crippen molar-refractivity contribution in [3.63, 3.8) is 0 Å². The van der Waals surface area contributed by atoms with Gasteiger partial charge in [0.2, 0.25) is 5.88 Å². The van der Waals surface area contributed by atoms with E-state index >= 15 is 0 Å². The summed E-state index contributed by atoms with van der Waals surface area (Å²) in [5.41, 5.74) is 8.55. The number of carbonyl (C=O) groups excluding carboxylic acids is 1. The van der Waals surface area contributed by atoms with Gasteiger partial charge in [0, 0.05) is 40.0 Å². The zero-order valence-electron chi connectivity index (χ0n) is 14.5. The highest BCUT2D eigenvalue weighted by atomic mass is 79.9. The molecule has 0 amide bonds. The molecule has 0 unspecified atom stereocenters. The van der Waals surface area contributed by atoms with Gasteiger partial charge in [-0.3, -0.25) is 4.79 Å². The summed E-state index contributed by atoms with van der Waals surface area (Å²) in [5, 5.41) is 10.7. The van der Waals surface area contributed by atoms with Gasteiger partial charge in [-0.2, -0.15) is 5.26 Å². The maximum Gasteiger partial charge on any atom is 0.205 e. The van der Waals surface area contributed by atoms with Crippen LogP contribution in [0.2, 0.25) is 0 Å². The molecule has 2 heterocycles. The van der Waals surface area contributed by atoms with Crippen LogP contribution in [0.5, 0.6) is 0 Å². The third kappa shape index (κ3) is 2.55. The molecule has 1 aromatic carbocycles. The standard InChI is InChI=1S/C20H18BrN3O2/c1-20(2)6-15(25)18-16(7-20)26-19(23)12(8-22)17(18)13-9-24-14-4-3-10(21)5-11(13)14/h3-5,9,17,24H,6-7,23H2,1-2H3/t17-/m1/s1. The van der Waals surface area contributed by atoms with Gasteiger partial charge in [0.05, 0.1) is 5.92 Å². The lowest BCUT2D eigenvalue weighted by molar-refractivity contribution is -0.119. The number of ether oxygens (including phenoxy) is 1. The lowest BCUT2D eigenvalue weighted by Gasteiger charge is -2.37. The number of halogens is 1. The highest BCUT2D eigenvalue weighted by Crippen LogP contribution is 2.49. The topological polar surface area (TPSA) is 91.9 Å².